The maximum atomic E-state index is 12.9. The minimum atomic E-state index is -0.205. The normalized spacial score (nSPS) is 11.6. The molecule has 2 heterocycles. The number of fused-ring (bicyclic) bond motifs is 2. The zero-order chi connectivity index (χ0) is 21.1. The van der Waals surface area contributed by atoms with Crippen LogP contribution in [0, 0.1) is 0 Å². The number of carbonyl (C=O) groups is 1. The third kappa shape index (κ3) is 3.98. The predicted molar refractivity (Wildman–Crippen MR) is 119 cm³/mol. The number of carbonyl (C=O) groups excluding carboxylic acids is 1. The van der Waals surface area contributed by atoms with Gasteiger partial charge in [0.05, 0.1) is 23.0 Å². The first-order chi connectivity index (χ1) is 14.5. The molecular weight excluding hydrogens is 376 g/mol. The van der Waals surface area contributed by atoms with E-state index in [-0.39, 0.29) is 24.1 Å². The minimum absolute atomic E-state index is 0.0652. The zero-order valence-corrected chi connectivity index (χ0v) is 16.9. The summed E-state index contributed by atoms with van der Waals surface area (Å²) in [5.41, 5.74) is 2.14. The molecule has 0 fully saturated rings. The molecule has 0 saturated carbocycles. The molecule has 0 aliphatic carbocycles. The largest absolute Gasteiger partial charge is 0.329 e. The van der Waals surface area contributed by atoms with Gasteiger partial charge in [0.25, 0.3) is 5.56 Å². The Bertz CT molecular complexity index is 1300. The van der Waals surface area contributed by atoms with Crippen LogP contribution >= 0.6 is 0 Å². The molecule has 0 atom stereocenters. The van der Waals surface area contributed by atoms with Crippen molar-refractivity contribution in [2.24, 2.45) is 0 Å². The van der Waals surface area contributed by atoms with Gasteiger partial charge in [-0.25, -0.2) is 4.98 Å². The summed E-state index contributed by atoms with van der Waals surface area (Å²) in [7, 11) is 0. The summed E-state index contributed by atoms with van der Waals surface area (Å²) in [4.78, 5) is 38.7. The smallest absolute Gasteiger partial charge is 0.258 e. The van der Waals surface area contributed by atoms with Gasteiger partial charge in [-0.3, -0.25) is 14.6 Å². The molecule has 0 saturated heterocycles. The number of nitrogens with one attached hydrogen (secondary N) is 1. The summed E-state index contributed by atoms with van der Waals surface area (Å²) in [5, 5.41) is 1.55. The molecule has 1 amide bonds. The van der Waals surface area contributed by atoms with Crippen LogP contribution in [-0.4, -0.2) is 31.8 Å². The van der Waals surface area contributed by atoms with Crippen LogP contribution in [0.1, 0.15) is 25.2 Å². The minimum Gasteiger partial charge on any atom is -0.329 e. The maximum Gasteiger partial charge on any atom is 0.258 e. The summed E-state index contributed by atoms with van der Waals surface area (Å²) in [6.45, 7) is 4.09. The highest BCUT2D eigenvalue weighted by Gasteiger charge is 2.17. The molecular formula is C24H22N4O2. The van der Waals surface area contributed by atoms with Crippen LogP contribution in [0.4, 0.5) is 0 Å². The van der Waals surface area contributed by atoms with Crippen LogP contribution in [0.3, 0.4) is 0 Å². The fourth-order valence-corrected chi connectivity index (χ4v) is 3.41. The third-order valence-electron chi connectivity index (χ3n) is 4.96. The van der Waals surface area contributed by atoms with Crippen molar-refractivity contribution < 1.29 is 4.79 Å². The van der Waals surface area contributed by atoms with Gasteiger partial charge in [0.1, 0.15) is 5.82 Å². The number of aromatic amines is 1. The Morgan fingerprint density at radius 1 is 1.10 bits per heavy atom. The van der Waals surface area contributed by atoms with E-state index in [0.717, 1.165) is 16.5 Å². The first-order valence-electron chi connectivity index (χ1n) is 9.83. The van der Waals surface area contributed by atoms with Crippen molar-refractivity contribution in [3.05, 3.63) is 88.6 Å². The molecule has 4 aromatic rings. The number of para-hydroxylation sites is 2. The van der Waals surface area contributed by atoms with Gasteiger partial charge in [-0.15, -0.1) is 0 Å². The van der Waals surface area contributed by atoms with Crippen molar-refractivity contribution in [3.8, 4) is 0 Å². The molecule has 6 nitrogen and oxygen atoms in total. The monoisotopic (exact) mass is 398 g/mol. The van der Waals surface area contributed by atoms with E-state index in [1.807, 2.05) is 50.2 Å². The number of rotatable bonds is 5. The highest BCUT2D eigenvalue weighted by atomic mass is 16.2. The molecule has 1 N–H and O–H groups in total. The quantitative estimate of drug-likeness (QED) is 0.517. The van der Waals surface area contributed by atoms with Crippen LogP contribution in [-0.2, 0) is 11.3 Å². The Labute approximate surface area is 173 Å². The van der Waals surface area contributed by atoms with Gasteiger partial charge >= 0.3 is 0 Å². The second-order valence-corrected chi connectivity index (χ2v) is 7.35. The van der Waals surface area contributed by atoms with E-state index in [4.69, 9.17) is 0 Å². The molecule has 2 aromatic carbocycles. The summed E-state index contributed by atoms with van der Waals surface area (Å²) >= 11 is 0. The van der Waals surface area contributed by atoms with Gasteiger partial charge in [-0.05, 0) is 38.1 Å². The molecule has 150 valence electrons. The first-order valence-corrected chi connectivity index (χ1v) is 9.83. The first kappa shape index (κ1) is 19.5. The van der Waals surface area contributed by atoms with E-state index < -0.39 is 0 Å². The average molecular weight is 398 g/mol. The third-order valence-corrected chi connectivity index (χ3v) is 4.96. The fourth-order valence-electron chi connectivity index (χ4n) is 3.41. The number of aromatic nitrogens is 3. The standard InChI is InChI=1S/C24H22N4O2/c1-16(2)28(15-21-26-20-11-4-3-10-19(20)24(30)27-21)22(29)13-12-18-8-5-7-17-9-6-14-25-23(17)18/h3-14,16H,15H2,1-2H3,(H,26,27,30)/b13-12+. The molecule has 6 heteroatoms. The number of H-pyrrole nitrogens is 1. The topological polar surface area (TPSA) is 79.0 Å². The lowest BCUT2D eigenvalue weighted by molar-refractivity contribution is -0.128. The zero-order valence-electron chi connectivity index (χ0n) is 16.9. The summed E-state index contributed by atoms with van der Waals surface area (Å²) in [5.74, 6) is 0.301. The van der Waals surface area contributed by atoms with Crippen LogP contribution in [0.2, 0.25) is 0 Å². The summed E-state index contributed by atoms with van der Waals surface area (Å²) in [6.07, 6.45) is 5.07. The Balaban J connectivity index is 1.61. The number of hydrogen-bond acceptors (Lipinski definition) is 4. The van der Waals surface area contributed by atoms with Crippen molar-refractivity contribution in [3.63, 3.8) is 0 Å². The van der Waals surface area contributed by atoms with Gasteiger partial charge in [-0.2, -0.15) is 0 Å². The fraction of sp³-hybridized carbons (Fsp3) is 0.167. The molecule has 0 radical (unpaired) electrons. The Hall–Kier alpha value is -3.80. The number of amides is 1. The lowest BCUT2D eigenvalue weighted by Crippen LogP contribution is -2.36. The van der Waals surface area contributed by atoms with E-state index in [9.17, 15) is 9.59 Å². The molecule has 0 aliphatic rings. The molecule has 0 bridgehead atoms. The van der Waals surface area contributed by atoms with E-state index in [0.29, 0.717) is 16.7 Å². The predicted octanol–water partition coefficient (Wildman–Crippen LogP) is 3.92. The summed E-state index contributed by atoms with van der Waals surface area (Å²) < 4.78 is 0. The Morgan fingerprint density at radius 3 is 2.73 bits per heavy atom. The highest BCUT2D eigenvalue weighted by molar-refractivity contribution is 5.95. The van der Waals surface area contributed by atoms with Gasteiger partial charge in [-0.1, -0.05) is 36.4 Å². The Kier molecular flexibility index (Phi) is 5.39. The highest BCUT2D eigenvalue weighted by Crippen LogP contribution is 2.18. The molecule has 0 spiro atoms. The number of hydrogen-bond donors (Lipinski definition) is 1. The second-order valence-electron chi connectivity index (χ2n) is 7.35. The van der Waals surface area contributed by atoms with E-state index >= 15 is 0 Å². The van der Waals surface area contributed by atoms with E-state index in [1.165, 1.54) is 0 Å². The Morgan fingerprint density at radius 2 is 1.90 bits per heavy atom. The van der Waals surface area contributed by atoms with E-state index in [1.54, 1.807) is 41.4 Å². The molecule has 2 aromatic heterocycles. The lowest BCUT2D eigenvalue weighted by Gasteiger charge is -2.25. The van der Waals surface area contributed by atoms with Crippen molar-refractivity contribution >= 4 is 33.8 Å². The van der Waals surface area contributed by atoms with Crippen LogP contribution in [0.5, 0.6) is 0 Å². The molecule has 4 rings (SSSR count). The maximum absolute atomic E-state index is 12.9. The molecule has 0 aliphatic heterocycles. The average Bonchev–Trinajstić information content (AvgIpc) is 2.75. The van der Waals surface area contributed by atoms with Gasteiger partial charge < -0.3 is 9.88 Å². The van der Waals surface area contributed by atoms with Crippen molar-refractivity contribution in [2.75, 3.05) is 0 Å². The van der Waals surface area contributed by atoms with Gasteiger partial charge in [0, 0.05) is 29.3 Å². The lowest BCUT2D eigenvalue weighted by atomic mass is 10.1. The SMILES string of the molecule is CC(C)N(Cc1nc2ccccc2c(=O)[nH]1)C(=O)/C=C/c1cccc2cccnc12. The van der Waals surface area contributed by atoms with Crippen molar-refractivity contribution in [1.29, 1.82) is 0 Å². The van der Waals surface area contributed by atoms with Crippen LogP contribution in [0.15, 0.2) is 71.7 Å². The van der Waals surface area contributed by atoms with Crippen molar-refractivity contribution in [2.45, 2.75) is 26.4 Å². The van der Waals surface area contributed by atoms with Gasteiger partial charge in [0.2, 0.25) is 5.91 Å². The van der Waals surface area contributed by atoms with E-state index in [2.05, 4.69) is 15.0 Å². The van der Waals surface area contributed by atoms with Crippen molar-refractivity contribution in [1.82, 2.24) is 19.9 Å². The van der Waals surface area contributed by atoms with Crippen LogP contribution < -0.4 is 5.56 Å². The van der Waals surface area contributed by atoms with Gasteiger partial charge in [0.15, 0.2) is 0 Å². The number of nitrogens with zero attached hydrogens (tertiary/aromatic N) is 3. The number of benzene rings is 2. The molecule has 30 heavy (non-hydrogen) atoms. The van der Waals surface area contributed by atoms with Crippen LogP contribution in [0.25, 0.3) is 27.9 Å². The second kappa shape index (κ2) is 8.29. The molecule has 0 unspecified atom stereocenters. The summed E-state index contributed by atoms with van der Waals surface area (Å²) in [6, 6.07) is 16.8. The number of pyridine rings is 1.